The smallest absolute Gasteiger partial charge is 0.0992 e. The van der Waals surface area contributed by atoms with E-state index in [9.17, 15) is 5.11 Å². The molecule has 3 heteroatoms. The van der Waals surface area contributed by atoms with Crippen molar-refractivity contribution in [3.05, 3.63) is 59.2 Å². The number of benzene rings is 2. The number of hydrogen-bond acceptors (Lipinski definition) is 3. The van der Waals surface area contributed by atoms with Crippen LogP contribution in [-0.2, 0) is 0 Å². The topological polar surface area (TPSA) is 47.3 Å². The van der Waals surface area contributed by atoms with Crippen LogP contribution in [0.3, 0.4) is 0 Å². The van der Waals surface area contributed by atoms with Crippen LogP contribution in [0.4, 0.5) is 11.4 Å². The van der Waals surface area contributed by atoms with Gasteiger partial charge >= 0.3 is 0 Å². The predicted octanol–water partition coefficient (Wildman–Crippen LogP) is 4.08. The minimum absolute atomic E-state index is 0.577. The maximum absolute atomic E-state index is 10.0. The predicted molar refractivity (Wildman–Crippen MR) is 85.6 cm³/mol. The number of aliphatic hydroxyl groups excluding tert-OH is 1. The Hall–Kier alpha value is -2.31. The molecule has 0 aliphatic heterocycles. The molecule has 2 aromatic rings. The summed E-state index contributed by atoms with van der Waals surface area (Å²) in [6.45, 7) is 6.62. The van der Waals surface area contributed by atoms with E-state index in [4.69, 9.17) is 5.26 Å². The first-order chi connectivity index (χ1) is 10.1. The molecule has 2 rings (SSSR count). The second-order valence-corrected chi connectivity index (χ2v) is 5.14. The molecule has 1 atom stereocenters. The third kappa shape index (κ3) is 3.24. The van der Waals surface area contributed by atoms with Gasteiger partial charge in [0.15, 0.2) is 0 Å². The Labute approximate surface area is 126 Å². The first kappa shape index (κ1) is 15.1. The lowest BCUT2D eigenvalue weighted by atomic mass is 10.0. The molecule has 21 heavy (non-hydrogen) atoms. The van der Waals surface area contributed by atoms with E-state index < -0.39 is 6.10 Å². The second-order valence-electron chi connectivity index (χ2n) is 5.14. The van der Waals surface area contributed by atoms with Crippen LogP contribution < -0.4 is 4.90 Å². The van der Waals surface area contributed by atoms with Gasteiger partial charge in [-0.3, -0.25) is 0 Å². The van der Waals surface area contributed by atoms with Gasteiger partial charge in [-0.2, -0.15) is 5.26 Å². The SMILES string of the molecule is CCN(c1cccc(C)c1)c1cc(C#N)ccc1C(C)O. The molecule has 0 amide bonds. The summed E-state index contributed by atoms with van der Waals surface area (Å²) in [6, 6.07) is 15.8. The maximum atomic E-state index is 10.0. The molecule has 1 N–H and O–H groups in total. The fourth-order valence-electron chi connectivity index (χ4n) is 2.49. The van der Waals surface area contributed by atoms with Gasteiger partial charge < -0.3 is 10.0 Å². The molecule has 108 valence electrons. The van der Waals surface area contributed by atoms with Crippen LogP contribution in [0.1, 0.15) is 36.6 Å². The van der Waals surface area contributed by atoms with Crippen LogP contribution in [-0.4, -0.2) is 11.7 Å². The van der Waals surface area contributed by atoms with Crippen molar-refractivity contribution in [3.63, 3.8) is 0 Å². The highest BCUT2D eigenvalue weighted by Gasteiger charge is 2.16. The Balaban J connectivity index is 2.58. The number of rotatable bonds is 4. The lowest BCUT2D eigenvalue weighted by Gasteiger charge is -2.27. The van der Waals surface area contributed by atoms with Crippen molar-refractivity contribution in [3.8, 4) is 6.07 Å². The zero-order valence-corrected chi connectivity index (χ0v) is 12.7. The monoisotopic (exact) mass is 280 g/mol. The van der Waals surface area contributed by atoms with Crippen molar-refractivity contribution >= 4 is 11.4 Å². The molecule has 2 aromatic carbocycles. The van der Waals surface area contributed by atoms with Gasteiger partial charge in [0.25, 0.3) is 0 Å². The molecular weight excluding hydrogens is 260 g/mol. The maximum Gasteiger partial charge on any atom is 0.0992 e. The summed E-state index contributed by atoms with van der Waals surface area (Å²) < 4.78 is 0. The van der Waals surface area contributed by atoms with Crippen LogP contribution in [0, 0.1) is 18.3 Å². The van der Waals surface area contributed by atoms with E-state index in [0.717, 1.165) is 23.5 Å². The van der Waals surface area contributed by atoms with Crippen molar-refractivity contribution in [2.75, 3.05) is 11.4 Å². The largest absolute Gasteiger partial charge is 0.389 e. The van der Waals surface area contributed by atoms with Gasteiger partial charge in [0.05, 0.1) is 17.7 Å². The van der Waals surface area contributed by atoms with Gasteiger partial charge in [0.2, 0.25) is 0 Å². The highest BCUT2D eigenvalue weighted by atomic mass is 16.3. The van der Waals surface area contributed by atoms with E-state index in [2.05, 4.69) is 36.9 Å². The second kappa shape index (κ2) is 6.43. The van der Waals surface area contributed by atoms with Crippen molar-refractivity contribution < 1.29 is 5.11 Å². The molecule has 3 nitrogen and oxygen atoms in total. The highest BCUT2D eigenvalue weighted by molar-refractivity contribution is 5.69. The minimum Gasteiger partial charge on any atom is -0.389 e. The number of nitriles is 1. The first-order valence-electron chi connectivity index (χ1n) is 7.13. The molecule has 0 aromatic heterocycles. The number of anilines is 2. The van der Waals surface area contributed by atoms with E-state index in [-0.39, 0.29) is 0 Å². The Morgan fingerprint density at radius 2 is 2.00 bits per heavy atom. The molecule has 0 fully saturated rings. The molecule has 0 aliphatic carbocycles. The normalized spacial score (nSPS) is 11.8. The number of nitrogens with zero attached hydrogens (tertiary/aromatic N) is 2. The quantitative estimate of drug-likeness (QED) is 0.918. The van der Waals surface area contributed by atoms with Gasteiger partial charge in [0.1, 0.15) is 0 Å². The van der Waals surface area contributed by atoms with Crippen LogP contribution in [0.25, 0.3) is 0 Å². The van der Waals surface area contributed by atoms with E-state index in [0.29, 0.717) is 5.56 Å². The summed E-state index contributed by atoms with van der Waals surface area (Å²) in [5.74, 6) is 0. The lowest BCUT2D eigenvalue weighted by molar-refractivity contribution is 0.200. The van der Waals surface area contributed by atoms with Gasteiger partial charge in [0, 0.05) is 23.5 Å². The minimum atomic E-state index is -0.577. The third-order valence-electron chi connectivity index (χ3n) is 3.53. The van der Waals surface area contributed by atoms with E-state index in [1.807, 2.05) is 24.3 Å². The van der Waals surface area contributed by atoms with Gasteiger partial charge in [-0.1, -0.05) is 18.2 Å². The summed E-state index contributed by atoms with van der Waals surface area (Å²) in [6.07, 6.45) is -0.577. The summed E-state index contributed by atoms with van der Waals surface area (Å²) in [7, 11) is 0. The molecule has 0 radical (unpaired) electrons. The number of aryl methyl sites for hydroxylation is 1. The summed E-state index contributed by atoms with van der Waals surface area (Å²) in [4.78, 5) is 2.12. The fraction of sp³-hybridized carbons (Fsp3) is 0.278. The molecule has 0 saturated carbocycles. The Morgan fingerprint density at radius 3 is 2.57 bits per heavy atom. The Bertz CT molecular complexity index is 671. The van der Waals surface area contributed by atoms with Gasteiger partial charge in [-0.25, -0.2) is 0 Å². The average Bonchev–Trinajstić information content (AvgIpc) is 2.47. The van der Waals surface area contributed by atoms with Crippen molar-refractivity contribution in [1.29, 1.82) is 5.26 Å². The zero-order chi connectivity index (χ0) is 15.4. The molecule has 0 bridgehead atoms. The molecule has 0 saturated heterocycles. The van der Waals surface area contributed by atoms with Crippen LogP contribution in [0.2, 0.25) is 0 Å². The van der Waals surface area contributed by atoms with Crippen molar-refractivity contribution in [1.82, 2.24) is 0 Å². The van der Waals surface area contributed by atoms with Crippen molar-refractivity contribution in [2.45, 2.75) is 26.9 Å². The standard InChI is InChI=1S/C18H20N2O/c1-4-20(16-7-5-6-13(2)10-16)18-11-15(12-19)8-9-17(18)14(3)21/h5-11,14,21H,4H2,1-3H3. The van der Waals surface area contributed by atoms with Crippen molar-refractivity contribution in [2.24, 2.45) is 0 Å². The summed E-state index contributed by atoms with van der Waals surface area (Å²) in [5, 5.41) is 19.1. The first-order valence-corrected chi connectivity index (χ1v) is 7.13. The summed E-state index contributed by atoms with van der Waals surface area (Å²) in [5.41, 5.74) is 4.56. The van der Waals surface area contributed by atoms with E-state index >= 15 is 0 Å². The summed E-state index contributed by atoms with van der Waals surface area (Å²) >= 11 is 0. The lowest BCUT2D eigenvalue weighted by Crippen LogP contribution is -2.18. The van der Waals surface area contributed by atoms with E-state index in [1.165, 1.54) is 5.56 Å². The molecule has 0 spiro atoms. The van der Waals surface area contributed by atoms with Gasteiger partial charge in [-0.15, -0.1) is 0 Å². The van der Waals surface area contributed by atoms with Crippen LogP contribution in [0.5, 0.6) is 0 Å². The Morgan fingerprint density at radius 1 is 1.24 bits per heavy atom. The highest BCUT2D eigenvalue weighted by Crippen LogP contribution is 2.33. The number of hydrogen-bond donors (Lipinski definition) is 1. The average molecular weight is 280 g/mol. The fourth-order valence-corrected chi connectivity index (χ4v) is 2.49. The Kier molecular flexibility index (Phi) is 4.62. The van der Waals surface area contributed by atoms with E-state index in [1.54, 1.807) is 13.0 Å². The van der Waals surface area contributed by atoms with Crippen LogP contribution >= 0.6 is 0 Å². The van der Waals surface area contributed by atoms with Gasteiger partial charge in [-0.05, 0) is 50.6 Å². The molecule has 0 heterocycles. The number of aliphatic hydroxyl groups is 1. The zero-order valence-electron chi connectivity index (χ0n) is 12.7. The van der Waals surface area contributed by atoms with Crippen LogP contribution in [0.15, 0.2) is 42.5 Å². The molecule has 0 aliphatic rings. The molecule has 1 unspecified atom stereocenters. The third-order valence-corrected chi connectivity index (χ3v) is 3.53. The molecular formula is C18H20N2O.